The van der Waals surface area contributed by atoms with Gasteiger partial charge in [0.05, 0.1) is 12.2 Å². The number of aliphatic carboxylic acids is 1. The molecule has 9 N–H and O–H groups in total. The number of carboxylic acid groups (broad SMARTS) is 1. The maximum Gasteiger partial charge on any atom is 0.326 e. The quantitative estimate of drug-likeness (QED) is 0.0734. The summed E-state index contributed by atoms with van der Waals surface area (Å²) in [4.78, 5) is 90.3. The highest BCUT2D eigenvalue weighted by Crippen LogP contribution is 2.21. The van der Waals surface area contributed by atoms with Crippen LogP contribution in [0.15, 0.2) is 67.1 Å². The van der Waals surface area contributed by atoms with Crippen molar-refractivity contribution < 1.29 is 39.0 Å². The van der Waals surface area contributed by atoms with Gasteiger partial charge >= 0.3 is 5.97 Å². The van der Waals surface area contributed by atoms with Crippen molar-refractivity contribution in [1.82, 2.24) is 36.1 Å². The van der Waals surface area contributed by atoms with E-state index in [4.69, 9.17) is 5.73 Å². The fraction of sp³-hybridized carbons (Fsp3) is 0.500. The molecule has 1 fully saturated rings. The standard InChI is InChI=1S/C42H58N8O8/c1-4-6-13-29(23-43)37(52)46-32(20-28-15-17-31(51)18-16-28)38(53)49-36(26(3)5-2)40(55)47-33(22-30-24-44-25-45-30)41(56)50-19-10-14-35(50)39(54)48-34(42(57)58)21-27-11-8-7-9-12-27/h7-9,11-12,15-18,24-26,29,32-36,51H,4-6,10,13-14,19-23,43H2,1-3H3,(H,44,45)(H,46,52)(H,47,55)(H,48,54)(H,49,53)(H,57,58). The van der Waals surface area contributed by atoms with Gasteiger partial charge in [0.2, 0.25) is 29.5 Å². The third-order valence-corrected chi connectivity index (χ3v) is 10.7. The smallest absolute Gasteiger partial charge is 0.326 e. The maximum absolute atomic E-state index is 14.4. The number of hydrogen-bond donors (Lipinski definition) is 8. The molecule has 0 aliphatic carbocycles. The number of carboxylic acids is 1. The van der Waals surface area contributed by atoms with Gasteiger partial charge in [-0.15, -0.1) is 0 Å². The van der Waals surface area contributed by atoms with Gasteiger partial charge in [-0.2, -0.15) is 0 Å². The Balaban J connectivity index is 1.55. The first-order valence-corrected chi connectivity index (χ1v) is 20.1. The molecule has 314 valence electrons. The minimum atomic E-state index is -1.23. The van der Waals surface area contributed by atoms with Crippen LogP contribution < -0.4 is 27.0 Å². The lowest BCUT2D eigenvalue weighted by Gasteiger charge is -2.31. The lowest BCUT2D eigenvalue weighted by atomic mass is 9.96. The molecule has 58 heavy (non-hydrogen) atoms. The van der Waals surface area contributed by atoms with Crippen molar-refractivity contribution in [2.45, 2.75) is 109 Å². The first kappa shape index (κ1) is 44.9. The zero-order chi connectivity index (χ0) is 42.2. The molecule has 7 unspecified atom stereocenters. The molecule has 7 atom stereocenters. The topological polar surface area (TPSA) is 249 Å². The Kier molecular flexibility index (Phi) is 17.2. The Labute approximate surface area is 339 Å². The molecule has 1 aliphatic heterocycles. The van der Waals surface area contributed by atoms with Gasteiger partial charge in [-0.05, 0) is 48.4 Å². The molecule has 3 aromatic rings. The average molecular weight is 803 g/mol. The molecule has 0 spiro atoms. The van der Waals surface area contributed by atoms with Crippen molar-refractivity contribution >= 4 is 35.5 Å². The van der Waals surface area contributed by atoms with E-state index >= 15 is 0 Å². The van der Waals surface area contributed by atoms with Gasteiger partial charge in [0.15, 0.2) is 0 Å². The summed E-state index contributed by atoms with van der Waals surface area (Å²) >= 11 is 0. The van der Waals surface area contributed by atoms with E-state index in [9.17, 15) is 39.0 Å². The second kappa shape index (κ2) is 22.2. The summed E-state index contributed by atoms with van der Waals surface area (Å²) in [5, 5.41) is 30.9. The van der Waals surface area contributed by atoms with Crippen molar-refractivity contribution in [2.75, 3.05) is 13.1 Å². The van der Waals surface area contributed by atoms with Gasteiger partial charge in [0.1, 0.15) is 36.0 Å². The summed E-state index contributed by atoms with van der Waals surface area (Å²) in [7, 11) is 0. The molecule has 1 saturated heterocycles. The number of aromatic hydroxyl groups is 1. The second-order valence-corrected chi connectivity index (χ2v) is 15.0. The first-order chi connectivity index (χ1) is 27.8. The number of unbranched alkanes of at least 4 members (excludes halogenated alkanes) is 1. The Bertz CT molecular complexity index is 1810. The minimum absolute atomic E-state index is 0.0138. The molecular formula is C42H58N8O8. The highest BCUT2D eigenvalue weighted by Gasteiger charge is 2.40. The Morgan fingerprint density at radius 3 is 2.16 bits per heavy atom. The van der Waals surface area contributed by atoms with Crippen LogP contribution >= 0.6 is 0 Å². The Hall–Kier alpha value is -5.77. The largest absolute Gasteiger partial charge is 0.508 e. The zero-order valence-corrected chi connectivity index (χ0v) is 33.5. The number of aromatic amines is 1. The van der Waals surface area contributed by atoms with Crippen LogP contribution in [0.3, 0.4) is 0 Å². The minimum Gasteiger partial charge on any atom is -0.508 e. The maximum atomic E-state index is 14.4. The predicted molar refractivity (Wildman–Crippen MR) is 216 cm³/mol. The van der Waals surface area contributed by atoms with Gasteiger partial charge in [-0.3, -0.25) is 24.0 Å². The van der Waals surface area contributed by atoms with Crippen molar-refractivity contribution in [3.8, 4) is 5.75 Å². The van der Waals surface area contributed by atoms with Crippen molar-refractivity contribution in [3.63, 3.8) is 0 Å². The number of nitrogens with one attached hydrogen (secondary N) is 5. The molecule has 2 heterocycles. The van der Waals surface area contributed by atoms with Crippen molar-refractivity contribution in [2.24, 2.45) is 17.6 Å². The van der Waals surface area contributed by atoms with E-state index in [0.29, 0.717) is 36.9 Å². The molecule has 5 amide bonds. The van der Waals surface area contributed by atoms with Crippen molar-refractivity contribution in [1.29, 1.82) is 0 Å². The summed E-state index contributed by atoms with van der Waals surface area (Å²) in [6, 6.07) is 9.50. The number of phenols is 1. The lowest BCUT2D eigenvalue weighted by Crippen LogP contribution is -2.60. The molecule has 1 aromatic heterocycles. The normalized spacial score (nSPS) is 16.9. The van der Waals surface area contributed by atoms with Gasteiger partial charge < -0.3 is 47.1 Å². The third kappa shape index (κ3) is 12.9. The van der Waals surface area contributed by atoms with Crippen LogP contribution in [-0.4, -0.2) is 104 Å². The van der Waals surface area contributed by atoms with E-state index in [1.807, 2.05) is 13.8 Å². The number of H-pyrrole nitrogens is 1. The predicted octanol–water partition coefficient (Wildman–Crippen LogP) is 1.97. The number of nitrogens with zero attached hydrogens (tertiary/aromatic N) is 2. The number of nitrogens with two attached hydrogens (primary N) is 1. The number of likely N-dealkylation sites (tertiary alicyclic amines) is 1. The number of benzene rings is 2. The second-order valence-electron chi connectivity index (χ2n) is 15.0. The van der Waals surface area contributed by atoms with Crippen LogP contribution in [0.25, 0.3) is 0 Å². The van der Waals surface area contributed by atoms with Gasteiger partial charge in [-0.25, -0.2) is 9.78 Å². The summed E-state index contributed by atoms with van der Waals surface area (Å²) in [5.74, 6) is -4.93. The van der Waals surface area contributed by atoms with Crippen LogP contribution in [0.4, 0.5) is 0 Å². The fourth-order valence-electron chi connectivity index (χ4n) is 7.03. The van der Waals surface area contributed by atoms with E-state index in [0.717, 1.165) is 18.4 Å². The van der Waals surface area contributed by atoms with Gasteiger partial charge in [0, 0.05) is 44.2 Å². The third-order valence-electron chi connectivity index (χ3n) is 10.7. The molecule has 1 aliphatic rings. The molecule has 0 bridgehead atoms. The average Bonchev–Trinajstić information content (AvgIpc) is 3.93. The monoisotopic (exact) mass is 802 g/mol. The number of imidazole rings is 1. The molecule has 16 nitrogen and oxygen atoms in total. The molecular weight excluding hydrogens is 745 g/mol. The highest BCUT2D eigenvalue weighted by molar-refractivity contribution is 5.96. The van der Waals surface area contributed by atoms with Crippen molar-refractivity contribution in [3.05, 3.63) is 83.9 Å². The van der Waals surface area contributed by atoms with Crippen LogP contribution in [0.5, 0.6) is 5.75 Å². The van der Waals surface area contributed by atoms with Crippen LogP contribution in [0.2, 0.25) is 0 Å². The van der Waals surface area contributed by atoms with E-state index in [2.05, 4.69) is 31.2 Å². The van der Waals surface area contributed by atoms with E-state index in [-0.39, 0.29) is 44.0 Å². The summed E-state index contributed by atoms with van der Waals surface area (Å²) in [6.07, 6.45) is 6.48. The highest BCUT2D eigenvalue weighted by atomic mass is 16.4. The summed E-state index contributed by atoms with van der Waals surface area (Å²) in [5.41, 5.74) is 7.85. The van der Waals surface area contributed by atoms with Crippen LogP contribution in [-0.2, 0) is 48.0 Å². The number of phenolic OH excluding ortho intramolecular Hbond substituents is 1. The van der Waals surface area contributed by atoms with Crippen LogP contribution in [0, 0.1) is 11.8 Å². The number of hydrogen-bond acceptors (Lipinski definition) is 9. The fourth-order valence-corrected chi connectivity index (χ4v) is 7.03. The first-order valence-electron chi connectivity index (χ1n) is 20.1. The zero-order valence-electron chi connectivity index (χ0n) is 33.5. The molecule has 16 heteroatoms. The van der Waals surface area contributed by atoms with E-state index in [1.54, 1.807) is 49.4 Å². The molecule has 0 radical (unpaired) electrons. The lowest BCUT2D eigenvalue weighted by molar-refractivity contribution is -0.145. The number of carbonyl (C=O) groups is 6. The number of carbonyl (C=O) groups excluding carboxylic acids is 5. The van der Waals surface area contributed by atoms with Crippen LogP contribution in [0.1, 0.15) is 76.1 Å². The Morgan fingerprint density at radius 2 is 1.53 bits per heavy atom. The Morgan fingerprint density at radius 1 is 0.862 bits per heavy atom. The van der Waals surface area contributed by atoms with Gasteiger partial charge in [0.25, 0.3) is 0 Å². The summed E-state index contributed by atoms with van der Waals surface area (Å²) in [6.45, 7) is 5.94. The van der Waals surface area contributed by atoms with E-state index < -0.39 is 71.6 Å². The molecule has 0 saturated carbocycles. The molecule has 4 rings (SSSR count). The van der Waals surface area contributed by atoms with E-state index in [1.165, 1.54) is 29.6 Å². The SMILES string of the molecule is CCCCC(CN)C(=O)NC(Cc1ccc(O)cc1)C(=O)NC(C(=O)NC(Cc1cnc[nH]1)C(=O)N1CCCC1C(=O)NC(Cc1ccccc1)C(=O)O)C(C)CC. The molecule has 2 aromatic carbocycles. The summed E-state index contributed by atoms with van der Waals surface area (Å²) < 4.78 is 0. The van der Waals surface area contributed by atoms with Gasteiger partial charge in [-0.1, -0.05) is 82.5 Å². The number of aromatic nitrogens is 2. The number of amides is 5. The number of rotatable bonds is 22.